The van der Waals surface area contributed by atoms with E-state index < -0.39 is 11.9 Å². The van der Waals surface area contributed by atoms with E-state index >= 15 is 0 Å². The van der Waals surface area contributed by atoms with Crippen LogP contribution in [0.4, 0.5) is 0 Å². The van der Waals surface area contributed by atoms with Crippen LogP contribution in [0.5, 0.6) is 0 Å². The van der Waals surface area contributed by atoms with Gasteiger partial charge >= 0.3 is 11.9 Å². The molecule has 0 aliphatic carbocycles. The third-order valence-electron chi connectivity index (χ3n) is 3.40. The molecular formula is C19H18O5. The average Bonchev–Trinajstić information content (AvgIpc) is 2.64. The van der Waals surface area contributed by atoms with E-state index in [1.54, 1.807) is 48.5 Å². The second-order valence-electron chi connectivity index (χ2n) is 5.14. The molecule has 0 saturated heterocycles. The Hall–Kier alpha value is -2.95. The summed E-state index contributed by atoms with van der Waals surface area (Å²) in [5.41, 5.74) is 1.65. The quantitative estimate of drug-likeness (QED) is 0.577. The molecule has 5 heteroatoms. The fourth-order valence-electron chi connectivity index (χ4n) is 2.13. The number of carbonyl (C=O) groups excluding carboxylic acids is 3. The SMILES string of the molecule is COC(=O)c1cccc(COC(=O)CCC(=O)c2ccccc2)c1. The topological polar surface area (TPSA) is 69.7 Å². The summed E-state index contributed by atoms with van der Waals surface area (Å²) in [5.74, 6) is -1.00. The van der Waals surface area contributed by atoms with Crippen LogP contribution in [0.2, 0.25) is 0 Å². The fraction of sp³-hybridized carbons (Fsp3) is 0.211. The van der Waals surface area contributed by atoms with Crippen molar-refractivity contribution in [3.8, 4) is 0 Å². The minimum atomic E-state index is -0.456. The average molecular weight is 326 g/mol. The molecule has 0 aliphatic heterocycles. The lowest BCUT2D eigenvalue weighted by Crippen LogP contribution is -2.09. The van der Waals surface area contributed by atoms with Gasteiger partial charge in [0.2, 0.25) is 0 Å². The largest absolute Gasteiger partial charge is 0.465 e. The predicted molar refractivity (Wildman–Crippen MR) is 87.6 cm³/mol. The van der Waals surface area contributed by atoms with Crippen LogP contribution in [-0.2, 0) is 20.9 Å². The van der Waals surface area contributed by atoms with E-state index in [9.17, 15) is 14.4 Å². The van der Waals surface area contributed by atoms with Gasteiger partial charge < -0.3 is 9.47 Å². The Morgan fingerprint density at radius 1 is 0.875 bits per heavy atom. The molecule has 2 aromatic rings. The number of rotatable bonds is 7. The van der Waals surface area contributed by atoms with Gasteiger partial charge in [-0.15, -0.1) is 0 Å². The molecule has 0 fully saturated rings. The zero-order valence-electron chi connectivity index (χ0n) is 13.4. The van der Waals surface area contributed by atoms with Gasteiger partial charge in [-0.25, -0.2) is 4.79 Å². The van der Waals surface area contributed by atoms with E-state index in [1.165, 1.54) is 7.11 Å². The highest BCUT2D eigenvalue weighted by Crippen LogP contribution is 2.10. The second-order valence-corrected chi connectivity index (χ2v) is 5.14. The molecule has 0 saturated carbocycles. The van der Waals surface area contributed by atoms with Crippen molar-refractivity contribution < 1.29 is 23.9 Å². The van der Waals surface area contributed by atoms with Crippen molar-refractivity contribution in [3.63, 3.8) is 0 Å². The zero-order chi connectivity index (χ0) is 17.4. The number of methoxy groups -OCH3 is 1. The number of benzene rings is 2. The summed E-state index contributed by atoms with van der Waals surface area (Å²) >= 11 is 0. The molecule has 0 atom stereocenters. The van der Waals surface area contributed by atoms with E-state index in [1.807, 2.05) is 6.07 Å². The number of ether oxygens (including phenoxy) is 2. The molecule has 0 amide bonds. The molecule has 0 aliphatic rings. The normalized spacial score (nSPS) is 10.0. The van der Waals surface area contributed by atoms with E-state index in [2.05, 4.69) is 4.74 Å². The molecule has 0 radical (unpaired) electrons. The van der Waals surface area contributed by atoms with Crippen LogP contribution >= 0.6 is 0 Å². The second kappa shape index (κ2) is 8.62. The minimum Gasteiger partial charge on any atom is -0.465 e. The van der Waals surface area contributed by atoms with Crippen molar-refractivity contribution in [2.45, 2.75) is 19.4 Å². The van der Waals surface area contributed by atoms with Crippen molar-refractivity contribution in [3.05, 3.63) is 71.3 Å². The Labute approximate surface area is 140 Å². The standard InChI is InChI=1S/C19H18O5/c1-23-19(22)16-9-5-6-14(12-16)13-24-18(21)11-10-17(20)15-7-3-2-4-8-15/h2-9,12H,10-11,13H2,1H3. The first-order valence-electron chi connectivity index (χ1n) is 7.51. The molecule has 0 aromatic heterocycles. The number of esters is 2. The molecule has 24 heavy (non-hydrogen) atoms. The van der Waals surface area contributed by atoms with Crippen LogP contribution in [-0.4, -0.2) is 24.8 Å². The maximum Gasteiger partial charge on any atom is 0.337 e. The Morgan fingerprint density at radius 2 is 1.58 bits per heavy atom. The lowest BCUT2D eigenvalue weighted by molar-refractivity contribution is -0.144. The van der Waals surface area contributed by atoms with Gasteiger partial charge in [-0.05, 0) is 17.7 Å². The van der Waals surface area contributed by atoms with Crippen molar-refractivity contribution in [1.82, 2.24) is 0 Å². The van der Waals surface area contributed by atoms with Crippen LogP contribution < -0.4 is 0 Å². The van der Waals surface area contributed by atoms with Crippen LogP contribution in [0.25, 0.3) is 0 Å². The van der Waals surface area contributed by atoms with Crippen molar-refractivity contribution >= 4 is 17.7 Å². The lowest BCUT2D eigenvalue weighted by atomic mass is 10.1. The molecule has 0 unspecified atom stereocenters. The van der Waals surface area contributed by atoms with Crippen molar-refractivity contribution in [1.29, 1.82) is 0 Å². The first-order valence-corrected chi connectivity index (χ1v) is 7.51. The Bertz CT molecular complexity index is 722. The third-order valence-corrected chi connectivity index (χ3v) is 3.40. The van der Waals surface area contributed by atoms with Crippen molar-refractivity contribution in [2.75, 3.05) is 7.11 Å². The molecule has 0 spiro atoms. The van der Waals surface area contributed by atoms with E-state index in [0.29, 0.717) is 16.7 Å². The molecule has 2 rings (SSSR count). The molecule has 0 bridgehead atoms. The first kappa shape index (κ1) is 17.4. The van der Waals surface area contributed by atoms with E-state index in [4.69, 9.17) is 4.74 Å². The fourth-order valence-corrected chi connectivity index (χ4v) is 2.13. The highest BCUT2D eigenvalue weighted by atomic mass is 16.5. The van der Waals surface area contributed by atoms with E-state index in [-0.39, 0.29) is 25.2 Å². The molecule has 0 N–H and O–H groups in total. The van der Waals surface area contributed by atoms with Gasteiger partial charge in [-0.2, -0.15) is 0 Å². The van der Waals surface area contributed by atoms with Crippen LogP contribution in [0.15, 0.2) is 54.6 Å². The molecule has 5 nitrogen and oxygen atoms in total. The summed E-state index contributed by atoms with van der Waals surface area (Å²) in [7, 11) is 1.30. The van der Waals surface area contributed by atoms with Gasteiger partial charge in [-0.1, -0.05) is 42.5 Å². The van der Waals surface area contributed by atoms with Crippen LogP contribution in [0, 0.1) is 0 Å². The van der Waals surface area contributed by atoms with Crippen molar-refractivity contribution in [2.24, 2.45) is 0 Å². The minimum absolute atomic E-state index is 0.0183. The van der Waals surface area contributed by atoms with Gasteiger partial charge in [0.15, 0.2) is 5.78 Å². The number of hydrogen-bond acceptors (Lipinski definition) is 5. The third kappa shape index (κ3) is 5.05. The van der Waals surface area contributed by atoms with E-state index in [0.717, 1.165) is 0 Å². The van der Waals surface area contributed by atoms with Gasteiger partial charge in [0.1, 0.15) is 6.61 Å². The summed E-state index contributed by atoms with van der Waals surface area (Å²) in [6, 6.07) is 15.5. The Morgan fingerprint density at radius 3 is 2.29 bits per heavy atom. The molecule has 2 aromatic carbocycles. The molecule has 124 valence electrons. The predicted octanol–water partition coefficient (Wildman–Crippen LogP) is 3.18. The molecule has 0 heterocycles. The first-order chi connectivity index (χ1) is 11.6. The maximum atomic E-state index is 11.9. The summed E-state index contributed by atoms with van der Waals surface area (Å²) in [4.78, 5) is 35.1. The highest BCUT2D eigenvalue weighted by molar-refractivity contribution is 5.97. The monoisotopic (exact) mass is 326 g/mol. The van der Waals surface area contributed by atoms with Gasteiger partial charge in [0.05, 0.1) is 19.1 Å². The lowest BCUT2D eigenvalue weighted by Gasteiger charge is -2.06. The van der Waals surface area contributed by atoms with Crippen LogP contribution in [0.1, 0.15) is 39.1 Å². The molecular weight excluding hydrogens is 308 g/mol. The zero-order valence-corrected chi connectivity index (χ0v) is 13.4. The smallest absolute Gasteiger partial charge is 0.337 e. The van der Waals surface area contributed by atoms with Crippen LogP contribution in [0.3, 0.4) is 0 Å². The number of Topliss-reactive ketones (excluding diaryl/α,β-unsaturated/α-hetero) is 1. The highest BCUT2D eigenvalue weighted by Gasteiger charge is 2.11. The van der Waals surface area contributed by atoms with Gasteiger partial charge in [0.25, 0.3) is 0 Å². The summed E-state index contributed by atoms with van der Waals surface area (Å²) in [5, 5.41) is 0. The van der Waals surface area contributed by atoms with Gasteiger partial charge in [-0.3, -0.25) is 9.59 Å². The maximum absolute atomic E-state index is 11.9. The summed E-state index contributed by atoms with van der Waals surface area (Å²) in [6.07, 6.45) is 0.121. The summed E-state index contributed by atoms with van der Waals surface area (Å²) < 4.78 is 9.78. The Balaban J connectivity index is 1.81. The summed E-state index contributed by atoms with van der Waals surface area (Å²) in [6.45, 7) is 0.0448. The number of ketones is 1. The van der Waals surface area contributed by atoms with Gasteiger partial charge in [0, 0.05) is 12.0 Å². The number of carbonyl (C=O) groups is 3. The Kier molecular flexibility index (Phi) is 6.25. The number of hydrogen-bond donors (Lipinski definition) is 0.